The molecule has 1 aromatic carbocycles. The van der Waals surface area contributed by atoms with E-state index in [-0.39, 0.29) is 23.8 Å². The minimum atomic E-state index is -0.193. The van der Waals surface area contributed by atoms with Crippen molar-refractivity contribution in [1.29, 1.82) is 0 Å². The van der Waals surface area contributed by atoms with Crippen LogP contribution in [0.2, 0.25) is 0 Å². The zero-order chi connectivity index (χ0) is 19.0. The second-order valence-electron chi connectivity index (χ2n) is 8.40. The van der Waals surface area contributed by atoms with E-state index in [0.29, 0.717) is 12.5 Å². The first-order chi connectivity index (χ1) is 13.0. The van der Waals surface area contributed by atoms with E-state index < -0.39 is 0 Å². The first kappa shape index (κ1) is 18.2. The molecule has 0 bridgehead atoms. The number of benzene rings is 1. The molecule has 3 heterocycles. The summed E-state index contributed by atoms with van der Waals surface area (Å²) in [7, 11) is 0. The largest absolute Gasteiger partial charge is 0.396 e. The lowest BCUT2D eigenvalue weighted by Gasteiger charge is -2.28. The predicted octanol–water partition coefficient (Wildman–Crippen LogP) is 1.99. The van der Waals surface area contributed by atoms with Crippen molar-refractivity contribution < 1.29 is 9.90 Å². The Labute approximate surface area is 160 Å². The van der Waals surface area contributed by atoms with Crippen molar-refractivity contribution >= 4 is 5.91 Å². The molecule has 6 nitrogen and oxygen atoms in total. The van der Waals surface area contributed by atoms with Gasteiger partial charge in [-0.25, -0.2) is 0 Å². The molecule has 0 saturated carbocycles. The third kappa shape index (κ3) is 3.28. The number of nitrogens with zero attached hydrogens (tertiary/aromatic N) is 3. The van der Waals surface area contributed by atoms with Crippen LogP contribution in [-0.2, 0) is 11.3 Å². The molecule has 6 heteroatoms. The summed E-state index contributed by atoms with van der Waals surface area (Å²) in [6.07, 6.45) is 1.90. The summed E-state index contributed by atoms with van der Waals surface area (Å²) in [6.45, 7) is 7.96. The van der Waals surface area contributed by atoms with Gasteiger partial charge >= 0.3 is 0 Å². The van der Waals surface area contributed by atoms with E-state index in [2.05, 4.69) is 27.2 Å². The third-order valence-corrected chi connectivity index (χ3v) is 6.12. The van der Waals surface area contributed by atoms with Crippen molar-refractivity contribution in [2.45, 2.75) is 20.4 Å². The van der Waals surface area contributed by atoms with E-state index in [1.54, 1.807) is 0 Å². The van der Waals surface area contributed by atoms with Gasteiger partial charge in [-0.05, 0) is 11.5 Å². The van der Waals surface area contributed by atoms with E-state index in [0.717, 1.165) is 37.4 Å². The van der Waals surface area contributed by atoms with Gasteiger partial charge in [0.25, 0.3) is 0 Å². The summed E-state index contributed by atoms with van der Waals surface area (Å²) >= 11 is 0. The van der Waals surface area contributed by atoms with Gasteiger partial charge in [0.1, 0.15) is 0 Å². The molecule has 0 aliphatic carbocycles. The standard InChI is InChI=1S/C21H28N4O2/c1-15(2)20(27)25-11-18-10-24(12-21(18,13-25)14-26)9-17-8-22-23-19(17)16-6-4-3-5-7-16/h3-8,15,18,26H,9-14H2,1-2H3,(H,22,23)/t18-,21+/m0/s1. The second-order valence-corrected chi connectivity index (χ2v) is 8.40. The number of hydrogen-bond donors (Lipinski definition) is 2. The minimum Gasteiger partial charge on any atom is -0.396 e. The van der Waals surface area contributed by atoms with Gasteiger partial charge in [0.2, 0.25) is 5.91 Å². The number of carbonyl (C=O) groups excluding carboxylic acids is 1. The normalized spacial score (nSPS) is 25.3. The predicted molar refractivity (Wildman–Crippen MR) is 104 cm³/mol. The molecule has 2 aliphatic rings. The SMILES string of the molecule is CC(C)C(=O)N1C[C@@H]2CN(Cc3cn[nH]c3-c3ccccc3)C[C@]2(CO)C1. The van der Waals surface area contributed by atoms with Gasteiger partial charge in [-0.2, -0.15) is 5.10 Å². The number of carbonyl (C=O) groups is 1. The van der Waals surface area contributed by atoms with Crippen molar-refractivity contribution in [2.75, 3.05) is 32.8 Å². The zero-order valence-corrected chi connectivity index (χ0v) is 16.1. The number of nitrogens with one attached hydrogen (secondary N) is 1. The molecule has 2 aliphatic heterocycles. The highest BCUT2D eigenvalue weighted by Crippen LogP contribution is 2.43. The fourth-order valence-corrected chi connectivity index (χ4v) is 4.69. The van der Waals surface area contributed by atoms with Crippen LogP contribution in [0.3, 0.4) is 0 Å². The van der Waals surface area contributed by atoms with Gasteiger partial charge < -0.3 is 10.0 Å². The fourth-order valence-electron chi connectivity index (χ4n) is 4.69. The molecule has 0 spiro atoms. The molecule has 1 aromatic heterocycles. The summed E-state index contributed by atoms with van der Waals surface area (Å²) in [6, 6.07) is 10.2. The van der Waals surface area contributed by atoms with Crippen LogP contribution in [0.25, 0.3) is 11.3 Å². The Bertz CT molecular complexity index is 804. The van der Waals surface area contributed by atoms with Crippen LogP contribution in [0.15, 0.2) is 36.5 Å². The number of aromatic nitrogens is 2. The molecule has 144 valence electrons. The topological polar surface area (TPSA) is 72.5 Å². The molecule has 2 N–H and O–H groups in total. The summed E-state index contributed by atoms with van der Waals surface area (Å²) in [5.41, 5.74) is 3.17. The van der Waals surface area contributed by atoms with Crippen LogP contribution in [0.5, 0.6) is 0 Å². The highest BCUT2D eigenvalue weighted by molar-refractivity contribution is 5.78. The van der Waals surface area contributed by atoms with Crippen LogP contribution in [-0.4, -0.2) is 63.8 Å². The quantitative estimate of drug-likeness (QED) is 0.847. The number of aromatic amines is 1. The van der Waals surface area contributed by atoms with Crippen molar-refractivity contribution in [3.05, 3.63) is 42.1 Å². The molecule has 2 fully saturated rings. The number of likely N-dealkylation sites (tertiary alicyclic amines) is 2. The maximum atomic E-state index is 12.4. The van der Waals surface area contributed by atoms with Gasteiger partial charge in [0.15, 0.2) is 0 Å². The van der Waals surface area contributed by atoms with E-state index in [1.807, 2.05) is 43.1 Å². The van der Waals surface area contributed by atoms with E-state index >= 15 is 0 Å². The van der Waals surface area contributed by atoms with E-state index in [4.69, 9.17) is 0 Å². The number of hydrogen-bond acceptors (Lipinski definition) is 4. The average Bonchev–Trinajstić information content (AvgIpc) is 3.34. The molecule has 0 radical (unpaired) electrons. The van der Waals surface area contributed by atoms with Gasteiger partial charge in [0, 0.05) is 49.6 Å². The number of aliphatic hydroxyl groups is 1. The molecule has 2 aromatic rings. The fraction of sp³-hybridized carbons (Fsp3) is 0.524. The van der Waals surface area contributed by atoms with E-state index in [9.17, 15) is 9.90 Å². The minimum absolute atomic E-state index is 0.00929. The molecular weight excluding hydrogens is 340 g/mol. The first-order valence-corrected chi connectivity index (χ1v) is 9.72. The Kier molecular flexibility index (Phi) is 4.78. The van der Waals surface area contributed by atoms with Gasteiger partial charge in [-0.3, -0.25) is 14.8 Å². The highest BCUT2D eigenvalue weighted by Gasteiger charge is 2.53. The van der Waals surface area contributed by atoms with Gasteiger partial charge in [0.05, 0.1) is 18.5 Å². The maximum absolute atomic E-state index is 12.4. The van der Waals surface area contributed by atoms with Crippen LogP contribution >= 0.6 is 0 Å². The smallest absolute Gasteiger partial charge is 0.225 e. The number of fused-ring (bicyclic) bond motifs is 1. The molecule has 2 atom stereocenters. The number of H-pyrrole nitrogens is 1. The molecule has 1 amide bonds. The van der Waals surface area contributed by atoms with Crippen molar-refractivity contribution in [3.63, 3.8) is 0 Å². The Morgan fingerprint density at radius 3 is 2.74 bits per heavy atom. The number of aliphatic hydroxyl groups excluding tert-OH is 1. The van der Waals surface area contributed by atoms with Crippen LogP contribution in [0, 0.1) is 17.3 Å². The Morgan fingerprint density at radius 2 is 2.07 bits per heavy atom. The van der Waals surface area contributed by atoms with Crippen LogP contribution in [0.1, 0.15) is 19.4 Å². The molecule has 4 rings (SSSR count). The number of rotatable bonds is 5. The lowest BCUT2D eigenvalue weighted by molar-refractivity contribution is -0.134. The molecular formula is C21H28N4O2. The van der Waals surface area contributed by atoms with Crippen molar-refractivity contribution in [1.82, 2.24) is 20.0 Å². The van der Waals surface area contributed by atoms with Crippen molar-refractivity contribution in [3.8, 4) is 11.3 Å². The number of amides is 1. The summed E-state index contributed by atoms with van der Waals surface area (Å²) in [5.74, 6) is 0.539. The van der Waals surface area contributed by atoms with Gasteiger partial charge in [-0.15, -0.1) is 0 Å². The monoisotopic (exact) mass is 368 g/mol. The summed E-state index contributed by atoms with van der Waals surface area (Å²) in [4.78, 5) is 16.7. The second kappa shape index (κ2) is 7.09. The molecule has 27 heavy (non-hydrogen) atoms. The van der Waals surface area contributed by atoms with Gasteiger partial charge in [-0.1, -0.05) is 44.2 Å². The lowest BCUT2D eigenvalue weighted by atomic mass is 9.82. The zero-order valence-electron chi connectivity index (χ0n) is 16.1. The highest BCUT2D eigenvalue weighted by atomic mass is 16.3. The Balaban J connectivity index is 1.47. The van der Waals surface area contributed by atoms with Crippen molar-refractivity contribution in [2.24, 2.45) is 17.3 Å². The van der Waals surface area contributed by atoms with E-state index in [1.165, 1.54) is 5.56 Å². The summed E-state index contributed by atoms with van der Waals surface area (Å²) in [5, 5.41) is 17.5. The Morgan fingerprint density at radius 1 is 1.30 bits per heavy atom. The third-order valence-electron chi connectivity index (χ3n) is 6.12. The molecule has 0 unspecified atom stereocenters. The summed E-state index contributed by atoms with van der Waals surface area (Å²) < 4.78 is 0. The lowest BCUT2D eigenvalue weighted by Crippen LogP contribution is -2.40. The van der Waals surface area contributed by atoms with Crippen LogP contribution in [0.4, 0.5) is 0 Å². The van der Waals surface area contributed by atoms with Crippen LogP contribution < -0.4 is 0 Å². The maximum Gasteiger partial charge on any atom is 0.225 e. The average molecular weight is 368 g/mol. The first-order valence-electron chi connectivity index (χ1n) is 9.72. The molecule has 2 saturated heterocycles. The Hall–Kier alpha value is -2.18.